The molecule has 0 saturated carbocycles. The molecule has 0 fully saturated rings. The van der Waals surface area contributed by atoms with Crippen molar-refractivity contribution in [2.24, 2.45) is 5.16 Å². The zero-order valence-corrected chi connectivity index (χ0v) is 9.10. The fourth-order valence-electron chi connectivity index (χ4n) is 0.872. The molecule has 0 aliphatic rings. The standard InChI is InChI=1S/C8H16N2O2.ClH/c1-4-10(5-2)6-8(9-12)7(3)11;/h12H,4-6H2,1-3H3;1H. The van der Waals surface area contributed by atoms with E-state index in [-0.39, 0.29) is 23.9 Å². The highest BCUT2D eigenvalue weighted by Gasteiger charge is 2.09. The Bertz CT molecular complexity index is 179. The van der Waals surface area contributed by atoms with Gasteiger partial charge in [0.05, 0.1) is 0 Å². The second-order valence-electron chi connectivity index (χ2n) is 2.56. The van der Waals surface area contributed by atoms with E-state index in [2.05, 4.69) is 5.16 Å². The number of carbonyl (C=O) groups is 1. The van der Waals surface area contributed by atoms with E-state index in [0.29, 0.717) is 6.54 Å². The molecular formula is C8H17ClN2O2. The minimum Gasteiger partial charge on any atom is -0.411 e. The Balaban J connectivity index is 0. The number of hydrogen-bond donors (Lipinski definition) is 1. The van der Waals surface area contributed by atoms with Gasteiger partial charge in [-0.15, -0.1) is 12.4 Å². The van der Waals surface area contributed by atoms with Crippen molar-refractivity contribution in [3.05, 3.63) is 0 Å². The second-order valence-corrected chi connectivity index (χ2v) is 2.56. The number of hydrogen-bond acceptors (Lipinski definition) is 4. The Hall–Kier alpha value is -0.610. The highest BCUT2D eigenvalue weighted by atomic mass is 35.5. The predicted molar refractivity (Wildman–Crippen MR) is 54.9 cm³/mol. The summed E-state index contributed by atoms with van der Waals surface area (Å²) in [6.07, 6.45) is 0. The van der Waals surface area contributed by atoms with Crippen LogP contribution in [-0.2, 0) is 4.79 Å². The number of halogens is 1. The van der Waals surface area contributed by atoms with Crippen LogP contribution in [0.15, 0.2) is 5.16 Å². The summed E-state index contributed by atoms with van der Waals surface area (Å²) in [5.41, 5.74) is 0.221. The maximum absolute atomic E-state index is 10.8. The van der Waals surface area contributed by atoms with Crippen LogP contribution in [0.25, 0.3) is 0 Å². The van der Waals surface area contributed by atoms with Crippen LogP contribution in [0.3, 0.4) is 0 Å². The van der Waals surface area contributed by atoms with E-state index in [0.717, 1.165) is 13.1 Å². The van der Waals surface area contributed by atoms with Crippen LogP contribution in [0.5, 0.6) is 0 Å². The molecule has 0 atom stereocenters. The van der Waals surface area contributed by atoms with Gasteiger partial charge in [-0.25, -0.2) is 0 Å². The Morgan fingerprint density at radius 3 is 2.08 bits per heavy atom. The van der Waals surface area contributed by atoms with Crippen LogP contribution < -0.4 is 0 Å². The van der Waals surface area contributed by atoms with Crippen molar-refractivity contribution in [3.8, 4) is 0 Å². The molecule has 0 radical (unpaired) electrons. The Morgan fingerprint density at radius 2 is 1.85 bits per heavy atom. The van der Waals surface area contributed by atoms with E-state index < -0.39 is 0 Å². The van der Waals surface area contributed by atoms with E-state index in [1.165, 1.54) is 6.92 Å². The second kappa shape index (κ2) is 8.01. The van der Waals surface area contributed by atoms with Gasteiger partial charge in [-0.3, -0.25) is 9.69 Å². The molecule has 0 aliphatic heterocycles. The number of oxime groups is 1. The molecule has 0 saturated heterocycles. The summed E-state index contributed by atoms with van der Waals surface area (Å²) in [7, 11) is 0. The lowest BCUT2D eigenvalue weighted by atomic mass is 10.2. The normalized spacial score (nSPS) is 11.2. The monoisotopic (exact) mass is 208 g/mol. The van der Waals surface area contributed by atoms with Crippen LogP contribution >= 0.6 is 12.4 Å². The first-order chi connectivity index (χ1) is 5.65. The maximum Gasteiger partial charge on any atom is 0.178 e. The molecule has 0 heterocycles. The molecule has 0 rings (SSSR count). The fraction of sp³-hybridized carbons (Fsp3) is 0.750. The van der Waals surface area contributed by atoms with Crippen molar-refractivity contribution in [3.63, 3.8) is 0 Å². The molecule has 0 amide bonds. The van der Waals surface area contributed by atoms with Crippen molar-refractivity contribution in [2.45, 2.75) is 20.8 Å². The SMILES string of the molecule is CCN(CC)CC(=NO)C(C)=O.Cl. The third kappa shape index (κ3) is 5.60. The van der Waals surface area contributed by atoms with Crippen LogP contribution in [0, 0.1) is 0 Å². The number of carbonyl (C=O) groups excluding carboxylic acids is 1. The zero-order valence-electron chi connectivity index (χ0n) is 8.28. The lowest BCUT2D eigenvalue weighted by Crippen LogP contribution is -2.32. The molecule has 5 heteroatoms. The molecule has 0 bridgehead atoms. The molecule has 0 unspecified atom stereocenters. The summed E-state index contributed by atoms with van der Waals surface area (Å²) in [4.78, 5) is 12.8. The van der Waals surface area contributed by atoms with E-state index in [9.17, 15) is 4.79 Å². The van der Waals surface area contributed by atoms with E-state index in [1.807, 2.05) is 18.7 Å². The third-order valence-corrected chi connectivity index (χ3v) is 1.79. The molecule has 0 aromatic rings. The average Bonchev–Trinajstić information content (AvgIpc) is 2.06. The van der Waals surface area contributed by atoms with Gasteiger partial charge in [-0.2, -0.15) is 0 Å². The van der Waals surface area contributed by atoms with Gasteiger partial charge in [-0.05, 0) is 13.1 Å². The Labute approximate surface area is 85.0 Å². The van der Waals surface area contributed by atoms with Gasteiger partial charge in [0.2, 0.25) is 0 Å². The van der Waals surface area contributed by atoms with Gasteiger partial charge in [-0.1, -0.05) is 19.0 Å². The Morgan fingerprint density at radius 1 is 1.38 bits per heavy atom. The lowest BCUT2D eigenvalue weighted by molar-refractivity contribution is -0.111. The summed E-state index contributed by atoms with van der Waals surface area (Å²) in [5.74, 6) is -0.176. The number of Topliss-reactive ketones (excluding diaryl/α,β-unsaturated/α-hetero) is 1. The van der Waals surface area contributed by atoms with E-state index >= 15 is 0 Å². The van der Waals surface area contributed by atoms with Crippen LogP contribution in [0.4, 0.5) is 0 Å². The summed E-state index contributed by atoms with van der Waals surface area (Å²) in [6.45, 7) is 7.53. The third-order valence-electron chi connectivity index (χ3n) is 1.79. The van der Waals surface area contributed by atoms with Crippen LogP contribution in [-0.4, -0.2) is 41.2 Å². The Kier molecular flexibility index (Phi) is 9.17. The van der Waals surface area contributed by atoms with Gasteiger partial charge in [0.15, 0.2) is 5.78 Å². The predicted octanol–water partition coefficient (Wildman–Crippen LogP) is 1.17. The molecule has 13 heavy (non-hydrogen) atoms. The molecule has 0 spiro atoms. The minimum atomic E-state index is -0.176. The maximum atomic E-state index is 10.8. The van der Waals surface area contributed by atoms with Crippen molar-refractivity contribution in [1.29, 1.82) is 0 Å². The van der Waals surface area contributed by atoms with Gasteiger partial charge in [0.25, 0.3) is 0 Å². The first-order valence-electron chi connectivity index (χ1n) is 4.09. The molecule has 0 aromatic carbocycles. The zero-order chi connectivity index (χ0) is 9.56. The number of ketones is 1. The van der Waals surface area contributed by atoms with Crippen molar-refractivity contribution < 1.29 is 10.0 Å². The summed E-state index contributed by atoms with van der Waals surface area (Å²) in [5, 5.41) is 11.4. The summed E-state index contributed by atoms with van der Waals surface area (Å²) in [6, 6.07) is 0. The van der Waals surface area contributed by atoms with Crippen molar-refractivity contribution in [2.75, 3.05) is 19.6 Å². The largest absolute Gasteiger partial charge is 0.411 e. The van der Waals surface area contributed by atoms with E-state index in [1.54, 1.807) is 0 Å². The highest BCUT2D eigenvalue weighted by molar-refractivity contribution is 6.39. The van der Waals surface area contributed by atoms with Gasteiger partial charge < -0.3 is 5.21 Å². The molecular weight excluding hydrogens is 192 g/mol. The molecule has 0 aliphatic carbocycles. The smallest absolute Gasteiger partial charge is 0.178 e. The van der Waals surface area contributed by atoms with Crippen LogP contribution in [0.1, 0.15) is 20.8 Å². The van der Waals surface area contributed by atoms with Crippen LogP contribution in [0.2, 0.25) is 0 Å². The number of rotatable bonds is 5. The van der Waals surface area contributed by atoms with Gasteiger partial charge >= 0.3 is 0 Å². The fourth-order valence-corrected chi connectivity index (χ4v) is 0.872. The van der Waals surface area contributed by atoms with Crippen molar-refractivity contribution in [1.82, 2.24) is 4.90 Å². The molecule has 0 aromatic heterocycles. The lowest BCUT2D eigenvalue weighted by Gasteiger charge is -2.16. The van der Waals surface area contributed by atoms with Crippen molar-refractivity contribution >= 4 is 23.9 Å². The van der Waals surface area contributed by atoms with E-state index in [4.69, 9.17) is 5.21 Å². The number of nitrogens with zero attached hydrogens (tertiary/aromatic N) is 2. The molecule has 4 nitrogen and oxygen atoms in total. The topological polar surface area (TPSA) is 52.9 Å². The quantitative estimate of drug-likeness (QED) is 0.419. The minimum absolute atomic E-state index is 0. The highest BCUT2D eigenvalue weighted by Crippen LogP contribution is 1.90. The van der Waals surface area contributed by atoms with Gasteiger partial charge in [0.1, 0.15) is 5.71 Å². The average molecular weight is 209 g/mol. The molecule has 78 valence electrons. The first-order valence-corrected chi connectivity index (χ1v) is 4.09. The summed E-state index contributed by atoms with van der Waals surface area (Å²) >= 11 is 0. The molecule has 1 N–H and O–H groups in total. The first kappa shape index (κ1) is 14.9. The summed E-state index contributed by atoms with van der Waals surface area (Å²) < 4.78 is 0. The van der Waals surface area contributed by atoms with Gasteiger partial charge in [0, 0.05) is 13.5 Å².